The van der Waals surface area contributed by atoms with E-state index in [0.717, 1.165) is 0 Å². The lowest BCUT2D eigenvalue weighted by atomic mass is 10.3. The first-order chi connectivity index (χ1) is 7.77. The molecule has 0 aromatic carbocycles. The van der Waals surface area contributed by atoms with E-state index in [1.165, 1.54) is 6.39 Å². The molecule has 0 saturated heterocycles. The molecule has 1 amide bonds. The third kappa shape index (κ3) is 2.43. The number of hydrogen-bond donors (Lipinski definition) is 1. The molecule has 0 radical (unpaired) electrons. The highest BCUT2D eigenvalue weighted by Crippen LogP contribution is 2.12. The Morgan fingerprint density at radius 2 is 2.38 bits per heavy atom. The van der Waals surface area contributed by atoms with Crippen molar-refractivity contribution in [1.82, 2.24) is 20.4 Å². The minimum Gasteiger partial charge on any atom is -0.343 e. The fourth-order valence-electron chi connectivity index (χ4n) is 1.07. The monoisotopic (exact) mass is 282 g/mol. The summed E-state index contributed by atoms with van der Waals surface area (Å²) in [5, 5.41) is 6.20. The Bertz CT molecular complexity index is 486. The van der Waals surface area contributed by atoms with Gasteiger partial charge in [-0.25, -0.2) is 4.98 Å². The zero-order valence-corrected chi connectivity index (χ0v) is 9.64. The van der Waals surface area contributed by atoms with E-state index in [4.69, 9.17) is 0 Å². The zero-order chi connectivity index (χ0) is 11.4. The number of halogens is 1. The lowest BCUT2D eigenvalue weighted by molar-refractivity contribution is 0.0944. The second-order valence-electron chi connectivity index (χ2n) is 2.86. The maximum atomic E-state index is 11.7. The Morgan fingerprint density at radius 3 is 3.06 bits per heavy atom. The van der Waals surface area contributed by atoms with Crippen LogP contribution < -0.4 is 5.32 Å². The summed E-state index contributed by atoms with van der Waals surface area (Å²) >= 11 is 3.24. The summed E-state index contributed by atoms with van der Waals surface area (Å²) in [5.41, 5.74) is 0.325. The molecule has 0 spiro atoms. The van der Waals surface area contributed by atoms with Crippen LogP contribution in [0, 0.1) is 0 Å². The molecular weight excluding hydrogens is 276 g/mol. The van der Waals surface area contributed by atoms with Crippen molar-refractivity contribution in [1.29, 1.82) is 0 Å². The average Bonchev–Trinajstić information content (AvgIpc) is 2.79. The first-order valence-corrected chi connectivity index (χ1v) is 5.20. The molecular formula is C9H7BrN4O2. The number of hydrogen-bond acceptors (Lipinski definition) is 5. The maximum Gasteiger partial charge on any atom is 0.271 e. The minimum atomic E-state index is -0.294. The lowest BCUT2D eigenvalue weighted by Gasteiger charge is -2.02. The quantitative estimate of drug-likeness (QED) is 0.914. The van der Waals surface area contributed by atoms with Gasteiger partial charge in [-0.3, -0.25) is 4.79 Å². The molecule has 0 aliphatic rings. The third-order valence-corrected chi connectivity index (χ3v) is 2.43. The predicted molar refractivity (Wildman–Crippen MR) is 57.4 cm³/mol. The van der Waals surface area contributed by atoms with Crippen molar-refractivity contribution in [3.63, 3.8) is 0 Å². The maximum absolute atomic E-state index is 11.7. The van der Waals surface area contributed by atoms with Crippen LogP contribution in [-0.2, 0) is 6.54 Å². The smallest absolute Gasteiger partial charge is 0.271 e. The lowest BCUT2D eigenvalue weighted by Crippen LogP contribution is -2.24. The average molecular weight is 283 g/mol. The van der Waals surface area contributed by atoms with Gasteiger partial charge >= 0.3 is 0 Å². The highest BCUT2D eigenvalue weighted by molar-refractivity contribution is 9.10. The Hall–Kier alpha value is -1.76. The van der Waals surface area contributed by atoms with E-state index in [0.29, 0.717) is 16.0 Å². The van der Waals surface area contributed by atoms with E-state index in [1.54, 1.807) is 18.3 Å². The van der Waals surface area contributed by atoms with E-state index < -0.39 is 0 Å². The van der Waals surface area contributed by atoms with Crippen LogP contribution in [0.15, 0.2) is 33.7 Å². The number of aromatic nitrogens is 3. The summed E-state index contributed by atoms with van der Waals surface area (Å²) in [6.45, 7) is 0.207. The van der Waals surface area contributed by atoms with Crippen molar-refractivity contribution < 1.29 is 9.32 Å². The Balaban J connectivity index is 2.01. The number of rotatable bonds is 3. The van der Waals surface area contributed by atoms with Crippen molar-refractivity contribution >= 4 is 21.8 Å². The van der Waals surface area contributed by atoms with Gasteiger partial charge in [0.1, 0.15) is 5.69 Å². The third-order valence-electron chi connectivity index (χ3n) is 1.79. The van der Waals surface area contributed by atoms with Crippen molar-refractivity contribution in [3.8, 4) is 0 Å². The fourth-order valence-corrected chi connectivity index (χ4v) is 1.50. The van der Waals surface area contributed by atoms with Gasteiger partial charge in [0.15, 0.2) is 5.82 Å². The number of nitrogens with one attached hydrogen (secondary N) is 1. The number of amides is 1. The molecule has 0 atom stereocenters. The summed E-state index contributed by atoms with van der Waals surface area (Å²) in [5.74, 6) is 0.123. The second-order valence-corrected chi connectivity index (χ2v) is 3.72. The summed E-state index contributed by atoms with van der Waals surface area (Å²) < 4.78 is 5.18. The van der Waals surface area contributed by atoms with Gasteiger partial charge in [0.2, 0.25) is 6.39 Å². The molecule has 82 valence electrons. The van der Waals surface area contributed by atoms with Gasteiger partial charge < -0.3 is 9.84 Å². The van der Waals surface area contributed by atoms with Crippen molar-refractivity contribution in [3.05, 3.63) is 40.7 Å². The molecule has 6 nitrogen and oxygen atoms in total. The van der Waals surface area contributed by atoms with Gasteiger partial charge in [0, 0.05) is 10.7 Å². The van der Waals surface area contributed by atoms with Crippen LogP contribution in [0.25, 0.3) is 0 Å². The molecule has 2 aromatic heterocycles. The van der Waals surface area contributed by atoms with Crippen molar-refractivity contribution in [2.45, 2.75) is 6.54 Å². The van der Waals surface area contributed by atoms with Gasteiger partial charge in [-0.1, -0.05) is 5.16 Å². The van der Waals surface area contributed by atoms with Crippen LogP contribution in [-0.4, -0.2) is 21.0 Å². The Kier molecular flexibility index (Phi) is 3.25. The number of carbonyl (C=O) groups is 1. The van der Waals surface area contributed by atoms with Gasteiger partial charge in [-0.15, -0.1) is 0 Å². The normalized spacial score (nSPS) is 10.1. The zero-order valence-electron chi connectivity index (χ0n) is 8.05. The molecule has 0 aliphatic carbocycles. The van der Waals surface area contributed by atoms with Crippen LogP contribution in [0.3, 0.4) is 0 Å². The predicted octanol–water partition coefficient (Wildman–Crippen LogP) is 1.16. The SMILES string of the molecule is O=C(NCc1ncon1)c1ncccc1Br. The van der Waals surface area contributed by atoms with Crippen LogP contribution in [0.5, 0.6) is 0 Å². The van der Waals surface area contributed by atoms with Crippen LogP contribution >= 0.6 is 15.9 Å². The highest BCUT2D eigenvalue weighted by atomic mass is 79.9. The standard InChI is InChI=1S/C9H7BrN4O2/c10-6-2-1-3-11-8(6)9(15)12-4-7-13-5-16-14-7/h1-3,5H,4H2,(H,12,15). The van der Waals surface area contributed by atoms with E-state index >= 15 is 0 Å². The van der Waals surface area contributed by atoms with Gasteiger partial charge in [0.05, 0.1) is 6.54 Å². The molecule has 2 aromatic rings. The number of pyridine rings is 1. The van der Waals surface area contributed by atoms with Crippen LogP contribution in [0.4, 0.5) is 0 Å². The topological polar surface area (TPSA) is 80.9 Å². The second kappa shape index (κ2) is 4.84. The molecule has 2 rings (SSSR count). The van der Waals surface area contributed by atoms with Crippen LogP contribution in [0.2, 0.25) is 0 Å². The largest absolute Gasteiger partial charge is 0.343 e. The van der Waals surface area contributed by atoms with Gasteiger partial charge in [0.25, 0.3) is 5.91 Å². The van der Waals surface area contributed by atoms with Crippen molar-refractivity contribution in [2.24, 2.45) is 0 Å². The molecule has 1 N–H and O–H groups in total. The summed E-state index contributed by atoms with van der Waals surface area (Å²) in [6, 6.07) is 3.48. The molecule has 0 bridgehead atoms. The number of nitrogens with zero attached hydrogens (tertiary/aromatic N) is 3. The fraction of sp³-hybridized carbons (Fsp3) is 0.111. The Labute approximate surface area is 99.2 Å². The summed E-state index contributed by atoms with van der Waals surface area (Å²) in [6.07, 6.45) is 2.76. The van der Waals surface area contributed by atoms with Gasteiger partial charge in [-0.05, 0) is 28.1 Å². The molecule has 0 unspecified atom stereocenters. The molecule has 0 saturated carbocycles. The molecule has 0 aliphatic heterocycles. The van der Waals surface area contributed by atoms with Crippen molar-refractivity contribution in [2.75, 3.05) is 0 Å². The molecule has 0 fully saturated rings. The van der Waals surface area contributed by atoms with Gasteiger partial charge in [-0.2, -0.15) is 4.98 Å². The summed E-state index contributed by atoms with van der Waals surface area (Å²) in [4.78, 5) is 19.4. The first-order valence-electron chi connectivity index (χ1n) is 4.41. The molecule has 16 heavy (non-hydrogen) atoms. The molecule has 7 heteroatoms. The minimum absolute atomic E-state index is 0.207. The molecule has 2 heterocycles. The van der Waals surface area contributed by atoms with E-state index in [9.17, 15) is 4.79 Å². The van der Waals surface area contributed by atoms with Crippen LogP contribution in [0.1, 0.15) is 16.3 Å². The van der Waals surface area contributed by atoms with E-state index in [-0.39, 0.29) is 12.5 Å². The Morgan fingerprint density at radius 1 is 1.50 bits per heavy atom. The van der Waals surface area contributed by atoms with E-state index in [2.05, 4.69) is 40.9 Å². The number of carbonyl (C=O) groups excluding carboxylic acids is 1. The summed E-state index contributed by atoms with van der Waals surface area (Å²) in [7, 11) is 0. The highest BCUT2D eigenvalue weighted by Gasteiger charge is 2.11. The first kappa shape index (κ1) is 10.7. The van der Waals surface area contributed by atoms with E-state index in [1.807, 2.05) is 0 Å².